The smallest absolute Gasteiger partial charge is 0.305 e. The molecule has 2 unspecified atom stereocenters. The van der Waals surface area contributed by atoms with Crippen molar-refractivity contribution in [2.45, 2.75) is 289 Å². The molecular formula is C57H105NO5. The van der Waals surface area contributed by atoms with Crippen LogP contribution < -0.4 is 5.32 Å². The van der Waals surface area contributed by atoms with Gasteiger partial charge in [-0.05, 0) is 77.0 Å². The molecule has 1 amide bonds. The standard InChI is InChI=1S/C57H105NO5/c1-3-5-7-9-11-13-15-16-24-28-31-35-39-43-47-51-57(62)63-52-48-44-40-36-32-29-26-23-21-19-17-18-20-22-25-27-30-34-38-42-46-50-56(61)58-54(53-59)55(60)49-45-41-37-33-14-12-10-8-6-4-2/h11,13,16,24,29,32,40,44,54-55,59-60H,3-10,12,14-15,17-23,25-28,30-31,33-39,41-43,45-53H2,1-2H3,(H,58,61)/b13-11-,24-16-,32-29-,44-40-. The number of hydrogen-bond donors (Lipinski definition) is 3. The van der Waals surface area contributed by atoms with Crippen LogP contribution in [0.15, 0.2) is 48.6 Å². The van der Waals surface area contributed by atoms with Crippen LogP contribution in [0.25, 0.3) is 0 Å². The number of amides is 1. The number of allylic oxidation sites excluding steroid dienone is 7. The average Bonchev–Trinajstić information content (AvgIpc) is 3.28. The summed E-state index contributed by atoms with van der Waals surface area (Å²) in [6, 6.07) is -0.544. The van der Waals surface area contributed by atoms with Crippen molar-refractivity contribution < 1.29 is 24.5 Å². The number of esters is 1. The molecule has 0 aromatic heterocycles. The largest absolute Gasteiger partial charge is 0.465 e. The molecule has 368 valence electrons. The third-order valence-electron chi connectivity index (χ3n) is 12.4. The van der Waals surface area contributed by atoms with Crippen molar-refractivity contribution in [3.05, 3.63) is 48.6 Å². The monoisotopic (exact) mass is 884 g/mol. The van der Waals surface area contributed by atoms with E-state index in [-0.39, 0.29) is 18.5 Å². The number of ether oxygens (including phenoxy) is 1. The van der Waals surface area contributed by atoms with Gasteiger partial charge in [0.2, 0.25) is 5.91 Å². The van der Waals surface area contributed by atoms with Crippen LogP contribution in [0.5, 0.6) is 0 Å². The molecular weight excluding hydrogens is 779 g/mol. The third kappa shape index (κ3) is 49.1. The van der Waals surface area contributed by atoms with E-state index in [0.717, 1.165) is 64.2 Å². The topological polar surface area (TPSA) is 95.9 Å². The molecule has 63 heavy (non-hydrogen) atoms. The molecule has 0 fully saturated rings. The summed E-state index contributed by atoms with van der Waals surface area (Å²) in [6.07, 6.45) is 65.4. The highest BCUT2D eigenvalue weighted by Gasteiger charge is 2.20. The molecule has 0 saturated heterocycles. The first kappa shape index (κ1) is 60.8. The Balaban J connectivity index is 3.46. The molecule has 0 saturated carbocycles. The molecule has 0 heterocycles. The Bertz CT molecular complexity index is 1070. The number of rotatable bonds is 50. The van der Waals surface area contributed by atoms with Gasteiger partial charge in [-0.1, -0.05) is 236 Å². The van der Waals surface area contributed by atoms with Gasteiger partial charge in [-0.2, -0.15) is 0 Å². The van der Waals surface area contributed by atoms with E-state index in [1.165, 1.54) is 180 Å². The molecule has 0 aromatic carbocycles. The molecule has 0 rings (SSSR count). The normalized spacial score (nSPS) is 13.0. The molecule has 0 bridgehead atoms. The highest BCUT2D eigenvalue weighted by molar-refractivity contribution is 5.76. The predicted octanol–water partition coefficient (Wildman–Crippen LogP) is 16.6. The lowest BCUT2D eigenvalue weighted by Gasteiger charge is -2.22. The van der Waals surface area contributed by atoms with E-state index in [0.29, 0.717) is 25.9 Å². The quantitative estimate of drug-likeness (QED) is 0.0321. The Labute approximate surface area is 391 Å². The highest BCUT2D eigenvalue weighted by Crippen LogP contribution is 2.16. The van der Waals surface area contributed by atoms with Gasteiger partial charge in [0, 0.05) is 12.8 Å². The highest BCUT2D eigenvalue weighted by atomic mass is 16.5. The Kier molecular flexibility index (Phi) is 50.6. The first-order valence-corrected chi connectivity index (χ1v) is 27.4. The SMILES string of the molecule is CCCCC/C=C\C/C=C\CCCCCCCC(=O)OCC/C=C\C/C=C\CCCCCCCCCCCCCCCCC(=O)NC(CO)C(O)CCCCCCCCCCCC. The van der Waals surface area contributed by atoms with Gasteiger partial charge in [0.1, 0.15) is 0 Å². The molecule has 0 aliphatic rings. The number of carbonyl (C=O) groups excluding carboxylic acids is 2. The second-order valence-corrected chi connectivity index (χ2v) is 18.6. The maximum Gasteiger partial charge on any atom is 0.305 e. The van der Waals surface area contributed by atoms with Crippen molar-refractivity contribution in [3.63, 3.8) is 0 Å². The molecule has 6 heteroatoms. The summed E-state index contributed by atoms with van der Waals surface area (Å²) in [5, 5.41) is 23.1. The Morgan fingerprint density at radius 2 is 0.794 bits per heavy atom. The van der Waals surface area contributed by atoms with Gasteiger partial charge in [-0.3, -0.25) is 9.59 Å². The maximum atomic E-state index is 12.4. The Hall–Kier alpha value is -2.18. The van der Waals surface area contributed by atoms with E-state index in [1.807, 2.05) is 0 Å². The van der Waals surface area contributed by atoms with Crippen LogP contribution in [-0.2, 0) is 14.3 Å². The number of carbonyl (C=O) groups is 2. The average molecular weight is 884 g/mol. The second-order valence-electron chi connectivity index (χ2n) is 18.6. The van der Waals surface area contributed by atoms with Crippen molar-refractivity contribution >= 4 is 11.9 Å². The molecule has 3 N–H and O–H groups in total. The van der Waals surface area contributed by atoms with Crippen LogP contribution in [0, 0.1) is 0 Å². The van der Waals surface area contributed by atoms with Crippen molar-refractivity contribution in [2.75, 3.05) is 13.2 Å². The van der Waals surface area contributed by atoms with Crippen molar-refractivity contribution in [1.82, 2.24) is 5.32 Å². The van der Waals surface area contributed by atoms with Gasteiger partial charge in [0.15, 0.2) is 0 Å². The molecule has 2 atom stereocenters. The van der Waals surface area contributed by atoms with Gasteiger partial charge in [-0.25, -0.2) is 0 Å². The van der Waals surface area contributed by atoms with Crippen molar-refractivity contribution in [3.8, 4) is 0 Å². The molecule has 0 radical (unpaired) electrons. The fraction of sp³-hybridized carbons (Fsp3) is 0.825. The van der Waals surface area contributed by atoms with E-state index in [4.69, 9.17) is 4.74 Å². The van der Waals surface area contributed by atoms with Gasteiger partial charge in [-0.15, -0.1) is 0 Å². The predicted molar refractivity (Wildman–Crippen MR) is 273 cm³/mol. The van der Waals surface area contributed by atoms with E-state index >= 15 is 0 Å². The fourth-order valence-corrected chi connectivity index (χ4v) is 8.15. The minimum absolute atomic E-state index is 0.0426. The zero-order valence-corrected chi connectivity index (χ0v) is 41.8. The lowest BCUT2D eigenvalue weighted by molar-refractivity contribution is -0.143. The summed E-state index contributed by atoms with van der Waals surface area (Å²) in [5.41, 5.74) is 0. The van der Waals surface area contributed by atoms with E-state index in [9.17, 15) is 19.8 Å². The first-order chi connectivity index (χ1) is 31.0. The minimum atomic E-state index is -0.666. The van der Waals surface area contributed by atoms with E-state index in [1.54, 1.807) is 0 Å². The maximum absolute atomic E-state index is 12.4. The second kappa shape index (κ2) is 52.4. The first-order valence-electron chi connectivity index (χ1n) is 27.4. The fourth-order valence-electron chi connectivity index (χ4n) is 8.15. The zero-order valence-electron chi connectivity index (χ0n) is 41.8. The lowest BCUT2D eigenvalue weighted by Crippen LogP contribution is -2.45. The lowest BCUT2D eigenvalue weighted by atomic mass is 10.0. The number of nitrogens with one attached hydrogen (secondary N) is 1. The van der Waals surface area contributed by atoms with Crippen LogP contribution in [0.2, 0.25) is 0 Å². The molecule has 0 spiro atoms. The van der Waals surface area contributed by atoms with Gasteiger partial charge < -0.3 is 20.3 Å². The van der Waals surface area contributed by atoms with Crippen LogP contribution in [0.1, 0.15) is 277 Å². The van der Waals surface area contributed by atoms with Crippen LogP contribution in [-0.4, -0.2) is 47.4 Å². The van der Waals surface area contributed by atoms with Gasteiger partial charge in [0.25, 0.3) is 0 Å². The summed E-state index contributed by atoms with van der Waals surface area (Å²) in [6.45, 7) is 4.79. The summed E-state index contributed by atoms with van der Waals surface area (Å²) in [5.74, 6) is -0.0926. The molecule has 6 nitrogen and oxygen atoms in total. The molecule has 0 aliphatic carbocycles. The number of aliphatic hydroxyl groups is 2. The molecule has 0 aliphatic heterocycles. The Morgan fingerprint density at radius 3 is 1.24 bits per heavy atom. The number of hydrogen-bond acceptors (Lipinski definition) is 5. The van der Waals surface area contributed by atoms with Crippen LogP contribution >= 0.6 is 0 Å². The van der Waals surface area contributed by atoms with Crippen molar-refractivity contribution in [1.29, 1.82) is 0 Å². The van der Waals surface area contributed by atoms with Gasteiger partial charge in [0.05, 0.1) is 25.4 Å². The third-order valence-corrected chi connectivity index (χ3v) is 12.4. The Morgan fingerprint density at radius 1 is 0.444 bits per heavy atom. The summed E-state index contributed by atoms with van der Waals surface area (Å²) < 4.78 is 5.40. The van der Waals surface area contributed by atoms with E-state index < -0.39 is 12.1 Å². The molecule has 0 aromatic rings. The zero-order chi connectivity index (χ0) is 45.8. The summed E-state index contributed by atoms with van der Waals surface area (Å²) in [4.78, 5) is 24.4. The van der Waals surface area contributed by atoms with Crippen LogP contribution in [0.3, 0.4) is 0 Å². The summed E-state index contributed by atoms with van der Waals surface area (Å²) >= 11 is 0. The number of aliphatic hydroxyl groups excluding tert-OH is 2. The van der Waals surface area contributed by atoms with Gasteiger partial charge >= 0.3 is 5.97 Å². The summed E-state index contributed by atoms with van der Waals surface area (Å²) in [7, 11) is 0. The van der Waals surface area contributed by atoms with E-state index in [2.05, 4.69) is 67.8 Å². The van der Waals surface area contributed by atoms with Crippen molar-refractivity contribution in [2.24, 2.45) is 0 Å². The minimum Gasteiger partial charge on any atom is -0.465 e. The van der Waals surface area contributed by atoms with Crippen LogP contribution in [0.4, 0.5) is 0 Å². The number of unbranched alkanes of at least 4 members (excludes halogenated alkanes) is 31.